The molecule has 0 aliphatic rings. The van der Waals surface area contributed by atoms with Crippen LogP contribution < -0.4 is 5.32 Å². The predicted molar refractivity (Wildman–Crippen MR) is 91.0 cm³/mol. The predicted octanol–water partition coefficient (Wildman–Crippen LogP) is 4.19. The van der Waals surface area contributed by atoms with Crippen LogP contribution in [-0.4, -0.2) is 19.6 Å². The number of benzene rings is 1. The van der Waals surface area contributed by atoms with Crippen molar-refractivity contribution in [3.8, 4) is 11.1 Å². The molecule has 0 aliphatic carbocycles. The highest BCUT2D eigenvalue weighted by molar-refractivity contribution is 6.30. The fourth-order valence-electron chi connectivity index (χ4n) is 2.39. The van der Waals surface area contributed by atoms with Crippen LogP contribution >= 0.6 is 11.6 Å². The topological polar surface area (TPSA) is 55.1 Å². The van der Waals surface area contributed by atoms with Gasteiger partial charge in [-0.2, -0.15) is 5.10 Å². The molecule has 1 aromatic carbocycles. The normalized spacial score (nSPS) is 10.8. The first kappa shape index (κ1) is 13.7. The molecule has 0 bridgehead atoms. The molecule has 0 radical (unpaired) electrons. The SMILES string of the molecule is Clc1cccc(Nc2ccn3ncc(-c4ccncc4)c3n2)c1. The van der Waals surface area contributed by atoms with Crippen molar-refractivity contribution in [3.63, 3.8) is 0 Å². The summed E-state index contributed by atoms with van der Waals surface area (Å²) >= 11 is 6.01. The summed E-state index contributed by atoms with van der Waals surface area (Å²) < 4.78 is 1.75. The molecule has 1 N–H and O–H groups in total. The van der Waals surface area contributed by atoms with Crippen LogP contribution in [0.15, 0.2) is 67.3 Å². The molecule has 0 saturated heterocycles. The van der Waals surface area contributed by atoms with Crippen LogP contribution in [0.5, 0.6) is 0 Å². The largest absolute Gasteiger partial charge is 0.340 e. The lowest BCUT2D eigenvalue weighted by Crippen LogP contribution is -1.97. The van der Waals surface area contributed by atoms with Gasteiger partial charge in [0, 0.05) is 34.9 Å². The number of nitrogens with one attached hydrogen (secondary N) is 1. The average molecular weight is 322 g/mol. The Morgan fingerprint density at radius 2 is 1.91 bits per heavy atom. The van der Waals surface area contributed by atoms with E-state index in [0.29, 0.717) is 5.02 Å². The van der Waals surface area contributed by atoms with Crippen LogP contribution in [0.1, 0.15) is 0 Å². The molecule has 0 fully saturated rings. The maximum absolute atomic E-state index is 6.01. The Bertz CT molecular complexity index is 965. The van der Waals surface area contributed by atoms with Gasteiger partial charge in [-0.05, 0) is 42.0 Å². The van der Waals surface area contributed by atoms with Gasteiger partial charge in [-0.25, -0.2) is 9.50 Å². The average Bonchev–Trinajstić information content (AvgIpc) is 2.99. The summed E-state index contributed by atoms with van der Waals surface area (Å²) in [5.41, 5.74) is 3.66. The third-order valence-electron chi connectivity index (χ3n) is 3.46. The van der Waals surface area contributed by atoms with Gasteiger partial charge in [0.25, 0.3) is 0 Å². The van der Waals surface area contributed by atoms with Gasteiger partial charge in [0.15, 0.2) is 5.65 Å². The molecule has 0 amide bonds. The monoisotopic (exact) mass is 321 g/mol. The summed E-state index contributed by atoms with van der Waals surface area (Å²) in [7, 11) is 0. The zero-order chi connectivity index (χ0) is 15.6. The summed E-state index contributed by atoms with van der Waals surface area (Å²) in [5.74, 6) is 0.732. The first-order valence-corrected chi connectivity index (χ1v) is 7.45. The highest BCUT2D eigenvalue weighted by Crippen LogP contribution is 2.24. The summed E-state index contributed by atoms with van der Waals surface area (Å²) in [6, 6.07) is 13.3. The molecule has 0 atom stereocenters. The quantitative estimate of drug-likeness (QED) is 0.614. The van der Waals surface area contributed by atoms with Crippen LogP contribution in [0.4, 0.5) is 11.5 Å². The van der Waals surface area contributed by atoms with Gasteiger partial charge in [-0.1, -0.05) is 17.7 Å². The molecule has 23 heavy (non-hydrogen) atoms. The van der Waals surface area contributed by atoms with Gasteiger partial charge in [-0.15, -0.1) is 0 Å². The highest BCUT2D eigenvalue weighted by atomic mass is 35.5. The minimum atomic E-state index is 0.679. The van der Waals surface area contributed by atoms with Crippen molar-refractivity contribution in [2.24, 2.45) is 0 Å². The number of aromatic nitrogens is 4. The fraction of sp³-hybridized carbons (Fsp3) is 0. The summed E-state index contributed by atoms with van der Waals surface area (Å²) in [4.78, 5) is 8.71. The Balaban J connectivity index is 1.75. The van der Waals surface area contributed by atoms with Gasteiger partial charge >= 0.3 is 0 Å². The Hall–Kier alpha value is -2.92. The zero-order valence-corrected chi connectivity index (χ0v) is 12.8. The van der Waals surface area contributed by atoms with E-state index in [4.69, 9.17) is 11.6 Å². The second-order valence-corrected chi connectivity index (χ2v) is 5.45. The van der Waals surface area contributed by atoms with E-state index in [2.05, 4.69) is 20.4 Å². The number of anilines is 2. The second-order valence-electron chi connectivity index (χ2n) is 5.01. The van der Waals surface area contributed by atoms with Crippen molar-refractivity contribution < 1.29 is 0 Å². The molecule has 4 rings (SSSR count). The lowest BCUT2D eigenvalue weighted by atomic mass is 10.1. The zero-order valence-electron chi connectivity index (χ0n) is 12.0. The Morgan fingerprint density at radius 3 is 2.74 bits per heavy atom. The van der Waals surface area contributed by atoms with E-state index in [0.717, 1.165) is 28.3 Å². The third-order valence-corrected chi connectivity index (χ3v) is 3.69. The maximum atomic E-state index is 6.01. The summed E-state index contributed by atoms with van der Waals surface area (Å²) in [5, 5.41) is 8.28. The van der Waals surface area contributed by atoms with Gasteiger partial charge in [0.2, 0.25) is 0 Å². The van der Waals surface area contributed by atoms with Crippen LogP contribution in [0.25, 0.3) is 16.8 Å². The molecular weight excluding hydrogens is 310 g/mol. The van der Waals surface area contributed by atoms with E-state index in [1.165, 1.54) is 0 Å². The lowest BCUT2D eigenvalue weighted by Gasteiger charge is -2.06. The standard InChI is InChI=1S/C17H12ClN5/c18-13-2-1-3-14(10-13)21-16-6-9-23-17(22-16)15(11-20-23)12-4-7-19-8-5-12/h1-11H,(H,21,22). The molecule has 112 valence electrons. The first-order valence-electron chi connectivity index (χ1n) is 7.07. The Morgan fingerprint density at radius 1 is 1.04 bits per heavy atom. The van der Waals surface area contributed by atoms with Crippen LogP contribution in [0.3, 0.4) is 0 Å². The number of nitrogens with zero attached hydrogens (tertiary/aromatic N) is 4. The lowest BCUT2D eigenvalue weighted by molar-refractivity contribution is 0.941. The van der Waals surface area contributed by atoms with Crippen LogP contribution in [0.2, 0.25) is 5.02 Å². The smallest absolute Gasteiger partial charge is 0.165 e. The minimum Gasteiger partial charge on any atom is -0.340 e. The number of fused-ring (bicyclic) bond motifs is 1. The number of hydrogen-bond donors (Lipinski definition) is 1. The van der Waals surface area contributed by atoms with Crippen LogP contribution in [0, 0.1) is 0 Å². The van der Waals surface area contributed by atoms with Crippen molar-refractivity contribution in [3.05, 3.63) is 72.3 Å². The van der Waals surface area contributed by atoms with Gasteiger partial charge in [0.1, 0.15) is 5.82 Å². The molecule has 4 aromatic rings. The van der Waals surface area contributed by atoms with E-state index < -0.39 is 0 Å². The Kier molecular flexibility index (Phi) is 3.40. The fourth-order valence-corrected chi connectivity index (χ4v) is 2.58. The van der Waals surface area contributed by atoms with Crippen molar-refractivity contribution in [1.82, 2.24) is 19.6 Å². The summed E-state index contributed by atoms with van der Waals surface area (Å²) in [6.07, 6.45) is 7.19. The molecule has 0 spiro atoms. The van der Waals surface area contributed by atoms with Crippen LogP contribution in [-0.2, 0) is 0 Å². The molecule has 3 heterocycles. The van der Waals surface area contributed by atoms with E-state index in [1.807, 2.05) is 48.7 Å². The Labute approximate surface area is 137 Å². The number of hydrogen-bond acceptors (Lipinski definition) is 4. The van der Waals surface area contributed by atoms with E-state index in [9.17, 15) is 0 Å². The third kappa shape index (κ3) is 2.74. The van der Waals surface area contributed by atoms with E-state index >= 15 is 0 Å². The highest BCUT2D eigenvalue weighted by Gasteiger charge is 2.09. The van der Waals surface area contributed by atoms with Gasteiger partial charge in [-0.3, -0.25) is 4.98 Å². The number of pyridine rings is 1. The van der Waals surface area contributed by atoms with Crippen molar-refractivity contribution in [1.29, 1.82) is 0 Å². The first-order chi connectivity index (χ1) is 11.3. The molecule has 6 heteroatoms. The molecule has 0 unspecified atom stereocenters. The second kappa shape index (κ2) is 5.70. The minimum absolute atomic E-state index is 0.679. The van der Waals surface area contributed by atoms with E-state index in [-0.39, 0.29) is 0 Å². The number of halogens is 1. The summed E-state index contributed by atoms with van der Waals surface area (Å²) in [6.45, 7) is 0. The molecular formula is C17H12ClN5. The van der Waals surface area contributed by atoms with Crippen molar-refractivity contribution >= 4 is 28.8 Å². The molecule has 0 saturated carbocycles. The van der Waals surface area contributed by atoms with Gasteiger partial charge < -0.3 is 5.32 Å². The molecule has 5 nitrogen and oxygen atoms in total. The van der Waals surface area contributed by atoms with Crippen molar-refractivity contribution in [2.45, 2.75) is 0 Å². The molecule has 0 aliphatic heterocycles. The van der Waals surface area contributed by atoms with E-state index in [1.54, 1.807) is 23.1 Å². The van der Waals surface area contributed by atoms with Gasteiger partial charge in [0.05, 0.1) is 6.20 Å². The molecule has 3 aromatic heterocycles. The number of rotatable bonds is 3. The maximum Gasteiger partial charge on any atom is 0.165 e. The van der Waals surface area contributed by atoms with Crippen molar-refractivity contribution in [2.75, 3.05) is 5.32 Å².